The van der Waals surface area contributed by atoms with E-state index in [0.717, 1.165) is 39.0 Å². The number of guanidine groups is 1. The van der Waals surface area contributed by atoms with Crippen LogP contribution in [0.4, 0.5) is 0 Å². The second-order valence-corrected chi connectivity index (χ2v) is 6.34. The maximum Gasteiger partial charge on any atom is 0.242 e. The molecule has 0 radical (unpaired) electrons. The predicted octanol–water partition coefficient (Wildman–Crippen LogP) is 1.64. The first-order chi connectivity index (χ1) is 9.90. The Bertz CT molecular complexity index is 350. The third-order valence-corrected chi connectivity index (χ3v) is 3.02. The van der Waals surface area contributed by atoms with Gasteiger partial charge in [-0.3, -0.25) is 4.79 Å². The molecule has 3 N–H and O–H groups in total. The number of aliphatic imine (C=N–C) groups is 1. The van der Waals surface area contributed by atoms with E-state index in [1.807, 2.05) is 27.7 Å². The van der Waals surface area contributed by atoms with Crippen LogP contribution < -0.4 is 16.0 Å². The van der Waals surface area contributed by atoms with Gasteiger partial charge in [-0.25, -0.2) is 4.99 Å². The monoisotopic (exact) mass is 426 g/mol. The first-order valence-electron chi connectivity index (χ1n) is 7.85. The van der Waals surface area contributed by atoms with E-state index in [2.05, 4.69) is 20.9 Å². The normalized spacial score (nSPS) is 18.5. The van der Waals surface area contributed by atoms with E-state index in [1.54, 1.807) is 0 Å². The van der Waals surface area contributed by atoms with Crippen LogP contribution in [0.1, 0.15) is 47.0 Å². The van der Waals surface area contributed by atoms with E-state index < -0.39 is 0 Å². The van der Waals surface area contributed by atoms with E-state index in [4.69, 9.17) is 4.74 Å². The SMILES string of the molecule is CCNC(=NCC(=O)NC(C)(C)C)NCCC1CCCO1.I. The summed E-state index contributed by atoms with van der Waals surface area (Å²) in [4.78, 5) is 16.1. The number of hydrogen-bond acceptors (Lipinski definition) is 3. The van der Waals surface area contributed by atoms with Crippen molar-refractivity contribution < 1.29 is 9.53 Å². The molecule has 1 amide bonds. The fourth-order valence-electron chi connectivity index (χ4n) is 2.17. The molecule has 130 valence electrons. The predicted molar refractivity (Wildman–Crippen MR) is 101 cm³/mol. The molecule has 1 aliphatic rings. The Morgan fingerprint density at radius 2 is 2.05 bits per heavy atom. The molecule has 6 nitrogen and oxygen atoms in total. The summed E-state index contributed by atoms with van der Waals surface area (Å²) >= 11 is 0. The van der Waals surface area contributed by atoms with Gasteiger partial charge in [0.15, 0.2) is 5.96 Å². The van der Waals surface area contributed by atoms with Gasteiger partial charge >= 0.3 is 0 Å². The van der Waals surface area contributed by atoms with Crippen LogP contribution in [0.25, 0.3) is 0 Å². The van der Waals surface area contributed by atoms with E-state index in [0.29, 0.717) is 12.1 Å². The second-order valence-electron chi connectivity index (χ2n) is 6.34. The maximum atomic E-state index is 11.8. The second kappa shape index (κ2) is 11.0. The molecule has 0 saturated carbocycles. The Labute approximate surface area is 151 Å². The topological polar surface area (TPSA) is 74.8 Å². The highest BCUT2D eigenvalue weighted by atomic mass is 127. The lowest BCUT2D eigenvalue weighted by Crippen LogP contribution is -2.43. The molecule has 1 unspecified atom stereocenters. The highest BCUT2D eigenvalue weighted by molar-refractivity contribution is 14.0. The van der Waals surface area contributed by atoms with Crippen molar-refractivity contribution in [1.82, 2.24) is 16.0 Å². The summed E-state index contributed by atoms with van der Waals surface area (Å²) < 4.78 is 5.58. The Morgan fingerprint density at radius 1 is 1.32 bits per heavy atom. The van der Waals surface area contributed by atoms with Crippen molar-refractivity contribution >= 4 is 35.8 Å². The molecule has 1 fully saturated rings. The number of carbonyl (C=O) groups excluding carboxylic acids is 1. The lowest BCUT2D eigenvalue weighted by Gasteiger charge is -2.20. The van der Waals surface area contributed by atoms with Gasteiger partial charge in [-0.2, -0.15) is 0 Å². The molecular formula is C15H31IN4O2. The quantitative estimate of drug-likeness (QED) is 0.343. The summed E-state index contributed by atoms with van der Waals surface area (Å²) in [5.41, 5.74) is -0.224. The number of hydrogen-bond donors (Lipinski definition) is 3. The van der Waals surface area contributed by atoms with Crippen molar-refractivity contribution in [2.45, 2.75) is 58.6 Å². The van der Waals surface area contributed by atoms with Crippen molar-refractivity contribution in [2.75, 3.05) is 26.2 Å². The first kappa shape index (κ1) is 21.4. The zero-order chi connectivity index (χ0) is 15.7. The molecule has 0 aliphatic carbocycles. The van der Waals surface area contributed by atoms with Gasteiger partial charge in [0.25, 0.3) is 0 Å². The van der Waals surface area contributed by atoms with Crippen LogP contribution in [0, 0.1) is 0 Å². The van der Waals surface area contributed by atoms with E-state index in [9.17, 15) is 4.79 Å². The third kappa shape index (κ3) is 10.2. The van der Waals surface area contributed by atoms with Gasteiger partial charge in [-0.1, -0.05) is 0 Å². The third-order valence-electron chi connectivity index (χ3n) is 3.02. The molecule has 0 aromatic rings. The number of rotatable bonds is 6. The average molecular weight is 426 g/mol. The summed E-state index contributed by atoms with van der Waals surface area (Å²) in [5.74, 6) is 0.610. The minimum absolute atomic E-state index is 0. The number of nitrogens with zero attached hydrogens (tertiary/aromatic N) is 1. The summed E-state index contributed by atoms with van der Waals surface area (Å²) in [6, 6.07) is 0. The molecule has 7 heteroatoms. The number of ether oxygens (including phenoxy) is 1. The van der Waals surface area contributed by atoms with Crippen LogP contribution in [0.5, 0.6) is 0 Å². The summed E-state index contributed by atoms with van der Waals surface area (Å²) in [6.45, 7) is 10.5. The molecule has 1 saturated heterocycles. The van der Waals surface area contributed by atoms with Gasteiger partial charge in [0, 0.05) is 25.2 Å². The van der Waals surface area contributed by atoms with Crippen LogP contribution >= 0.6 is 24.0 Å². The molecular weight excluding hydrogens is 395 g/mol. The van der Waals surface area contributed by atoms with Crippen molar-refractivity contribution in [2.24, 2.45) is 4.99 Å². The zero-order valence-corrected chi connectivity index (χ0v) is 16.5. The lowest BCUT2D eigenvalue weighted by molar-refractivity contribution is -0.121. The molecule has 1 rings (SSSR count). The van der Waals surface area contributed by atoms with Gasteiger partial charge < -0.3 is 20.7 Å². The highest BCUT2D eigenvalue weighted by Gasteiger charge is 2.15. The molecule has 0 aromatic heterocycles. The van der Waals surface area contributed by atoms with Crippen LogP contribution in [-0.2, 0) is 9.53 Å². The molecule has 1 atom stereocenters. The minimum Gasteiger partial charge on any atom is -0.378 e. The number of nitrogens with one attached hydrogen (secondary N) is 3. The average Bonchev–Trinajstić information content (AvgIpc) is 2.87. The van der Waals surface area contributed by atoms with Crippen molar-refractivity contribution in [3.63, 3.8) is 0 Å². The number of halogens is 1. The Balaban J connectivity index is 0.00000441. The smallest absolute Gasteiger partial charge is 0.242 e. The molecule has 1 aliphatic heterocycles. The molecule has 22 heavy (non-hydrogen) atoms. The summed E-state index contributed by atoms with van der Waals surface area (Å²) in [5, 5.41) is 9.28. The standard InChI is InChI=1S/C15H30N4O2.HI/c1-5-16-14(17-9-8-12-7-6-10-21-12)18-11-13(20)19-15(2,3)4;/h12H,5-11H2,1-4H3,(H,19,20)(H2,16,17,18);1H. The lowest BCUT2D eigenvalue weighted by atomic mass is 10.1. The van der Waals surface area contributed by atoms with Crippen molar-refractivity contribution in [3.8, 4) is 0 Å². The summed E-state index contributed by atoms with van der Waals surface area (Å²) in [7, 11) is 0. The van der Waals surface area contributed by atoms with Gasteiger partial charge in [-0.15, -0.1) is 24.0 Å². The van der Waals surface area contributed by atoms with Crippen LogP contribution in [0.2, 0.25) is 0 Å². The Kier molecular flexibility index (Phi) is 10.8. The Hall–Kier alpha value is -0.570. The largest absolute Gasteiger partial charge is 0.378 e. The highest BCUT2D eigenvalue weighted by Crippen LogP contribution is 2.14. The van der Waals surface area contributed by atoms with E-state index in [-0.39, 0.29) is 42.0 Å². The molecule has 1 heterocycles. The van der Waals surface area contributed by atoms with Crippen LogP contribution in [0.3, 0.4) is 0 Å². The Morgan fingerprint density at radius 3 is 2.59 bits per heavy atom. The molecule has 0 bridgehead atoms. The zero-order valence-electron chi connectivity index (χ0n) is 14.2. The van der Waals surface area contributed by atoms with Crippen LogP contribution in [0.15, 0.2) is 4.99 Å². The van der Waals surface area contributed by atoms with Crippen LogP contribution in [-0.4, -0.2) is 49.8 Å². The maximum absolute atomic E-state index is 11.8. The molecule has 0 aromatic carbocycles. The molecule has 0 spiro atoms. The van der Waals surface area contributed by atoms with Gasteiger partial charge in [0.2, 0.25) is 5.91 Å². The summed E-state index contributed by atoms with van der Waals surface area (Å²) in [6.07, 6.45) is 3.64. The van der Waals surface area contributed by atoms with E-state index >= 15 is 0 Å². The van der Waals surface area contributed by atoms with Crippen molar-refractivity contribution in [1.29, 1.82) is 0 Å². The van der Waals surface area contributed by atoms with Gasteiger partial charge in [-0.05, 0) is 47.0 Å². The fourth-order valence-corrected chi connectivity index (χ4v) is 2.17. The first-order valence-corrected chi connectivity index (χ1v) is 7.85. The minimum atomic E-state index is -0.224. The fraction of sp³-hybridized carbons (Fsp3) is 0.867. The van der Waals surface area contributed by atoms with E-state index in [1.165, 1.54) is 0 Å². The number of amides is 1. The van der Waals surface area contributed by atoms with Gasteiger partial charge in [0.1, 0.15) is 6.54 Å². The number of carbonyl (C=O) groups is 1. The van der Waals surface area contributed by atoms with Crippen molar-refractivity contribution in [3.05, 3.63) is 0 Å². The van der Waals surface area contributed by atoms with Gasteiger partial charge in [0.05, 0.1) is 6.10 Å².